The maximum absolute atomic E-state index is 12.5. The summed E-state index contributed by atoms with van der Waals surface area (Å²) in [7, 11) is -3.64. The lowest BCUT2D eigenvalue weighted by molar-refractivity contribution is 0.548. The number of aromatic nitrogens is 2. The van der Waals surface area contributed by atoms with Gasteiger partial charge in [0.1, 0.15) is 0 Å². The van der Waals surface area contributed by atoms with E-state index in [2.05, 4.69) is 9.82 Å². The van der Waals surface area contributed by atoms with Gasteiger partial charge in [-0.2, -0.15) is 5.10 Å². The van der Waals surface area contributed by atoms with Gasteiger partial charge in [0.05, 0.1) is 17.1 Å². The molecule has 140 valence electrons. The summed E-state index contributed by atoms with van der Waals surface area (Å²) in [6, 6.07) is 17.8. The van der Waals surface area contributed by atoms with E-state index in [9.17, 15) is 13.2 Å². The van der Waals surface area contributed by atoms with Crippen LogP contribution in [0.2, 0.25) is 0 Å². The van der Waals surface area contributed by atoms with Crippen LogP contribution in [-0.2, 0) is 16.6 Å². The minimum absolute atomic E-state index is 0.0699. The van der Waals surface area contributed by atoms with E-state index in [0.717, 1.165) is 16.7 Å². The molecule has 0 fully saturated rings. The number of benzene rings is 2. The van der Waals surface area contributed by atoms with Crippen molar-refractivity contribution in [2.45, 2.75) is 25.3 Å². The summed E-state index contributed by atoms with van der Waals surface area (Å²) in [6.45, 7) is 3.92. The average molecular weight is 383 g/mol. The van der Waals surface area contributed by atoms with Crippen molar-refractivity contribution in [1.82, 2.24) is 14.5 Å². The Morgan fingerprint density at radius 2 is 1.63 bits per heavy atom. The number of aryl methyl sites for hydroxylation is 2. The van der Waals surface area contributed by atoms with E-state index in [-0.39, 0.29) is 23.5 Å². The number of nitrogens with one attached hydrogen (secondary N) is 1. The Bertz CT molecular complexity index is 1090. The van der Waals surface area contributed by atoms with Gasteiger partial charge >= 0.3 is 0 Å². The van der Waals surface area contributed by atoms with Crippen molar-refractivity contribution in [3.63, 3.8) is 0 Å². The van der Waals surface area contributed by atoms with Gasteiger partial charge in [0, 0.05) is 18.2 Å². The quantitative estimate of drug-likeness (QED) is 0.709. The molecule has 0 aliphatic heterocycles. The smallest absolute Gasteiger partial charge is 0.266 e. The van der Waals surface area contributed by atoms with Crippen molar-refractivity contribution in [3.05, 3.63) is 82.1 Å². The standard InChI is InChI=1S/C20H21N3O3S/c1-15-12-16(2)14-18(13-15)27(25,26)21-10-11-23-20(24)9-8-19(22-23)17-6-4-3-5-7-17/h3-9,12-14,21H,10-11H2,1-2H3. The molecule has 0 saturated carbocycles. The minimum Gasteiger partial charge on any atom is -0.268 e. The van der Waals surface area contributed by atoms with Crippen LogP contribution in [0.25, 0.3) is 11.3 Å². The topological polar surface area (TPSA) is 81.1 Å². The van der Waals surface area contributed by atoms with Gasteiger partial charge in [-0.15, -0.1) is 0 Å². The van der Waals surface area contributed by atoms with Crippen molar-refractivity contribution in [2.24, 2.45) is 0 Å². The number of hydrogen-bond acceptors (Lipinski definition) is 4. The van der Waals surface area contributed by atoms with Crippen molar-refractivity contribution in [1.29, 1.82) is 0 Å². The average Bonchev–Trinajstić information content (AvgIpc) is 2.63. The second kappa shape index (κ2) is 7.85. The maximum Gasteiger partial charge on any atom is 0.266 e. The third-order valence-electron chi connectivity index (χ3n) is 4.06. The van der Waals surface area contributed by atoms with Crippen LogP contribution in [0.5, 0.6) is 0 Å². The summed E-state index contributed by atoms with van der Waals surface area (Å²) >= 11 is 0. The van der Waals surface area contributed by atoms with E-state index in [4.69, 9.17) is 0 Å². The molecule has 3 aromatic rings. The van der Waals surface area contributed by atoms with Gasteiger partial charge in [0.2, 0.25) is 10.0 Å². The van der Waals surface area contributed by atoms with Gasteiger partial charge in [-0.25, -0.2) is 17.8 Å². The fraction of sp³-hybridized carbons (Fsp3) is 0.200. The summed E-state index contributed by atoms with van der Waals surface area (Å²) in [4.78, 5) is 12.3. The number of rotatable bonds is 6. The van der Waals surface area contributed by atoms with Crippen LogP contribution in [0.1, 0.15) is 11.1 Å². The van der Waals surface area contributed by atoms with Crippen LogP contribution >= 0.6 is 0 Å². The van der Waals surface area contributed by atoms with E-state index < -0.39 is 10.0 Å². The van der Waals surface area contributed by atoms with Crippen molar-refractivity contribution in [3.8, 4) is 11.3 Å². The molecule has 1 N–H and O–H groups in total. The lowest BCUT2D eigenvalue weighted by atomic mass is 10.1. The highest BCUT2D eigenvalue weighted by Crippen LogP contribution is 2.15. The van der Waals surface area contributed by atoms with E-state index in [1.165, 1.54) is 10.7 Å². The molecule has 0 amide bonds. The maximum atomic E-state index is 12.5. The molecule has 0 aliphatic carbocycles. The molecule has 6 nitrogen and oxygen atoms in total. The zero-order valence-electron chi connectivity index (χ0n) is 15.2. The van der Waals surface area contributed by atoms with Crippen LogP contribution in [-0.4, -0.2) is 24.7 Å². The summed E-state index contributed by atoms with van der Waals surface area (Å²) in [5, 5.41) is 4.33. The SMILES string of the molecule is Cc1cc(C)cc(S(=O)(=O)NCCn2nc(-c3ccccc3)ccc2=O)c1. The third-order valence-corrected chi connectivity index (χ3v) is 5.50. The molecule has 0 unspecified atom stereocenters. The molecule has 3 rings (SSSR count). The first-order valence-corrected chi connectivity index (χ1v) is 10.0. The summed E-state index contributed by atoms with van der Waals surface area (Å²) in [5.41, 5.74) is 3.03. The normalized spacial score (nSPS) is 11.5. The minimum atomic E-state index is -3.64. The molecule has 27 heavy (non-hydrogen) atoms. The monoisotopic (exact) mass is 383 g/mol. The molecule has 1 aromatic heterocycles. The van der Waals surface area contributed by atoms with Crippen LogP contribution in [0.3, 0.4) is 0 Å². The number of nitrogens with zero attached hydrogens (tertiary/aromatic N) is 2. The van der Waals surface area contributed by atoms with Gasteiger partial charge in [-0.05, 0) is 43.2 Å². The van der Waals surface area contributed by atoms with Gasteiger partial charge < -0.3 is 0 Å². The van der Waals surface area contributed by atoms with Gasteiger partial charge in [-0.3, -0.25) is 4.79 Å². The highest BCUT2D eigenvalue weighted by atomic mass is 32.2. The fourth-order valence-corrected chi connectivity index (χ4v) is 4.04. The highest BCUT2D eigenvalue weighted by molar-refractivity contribution is 7.89. The molecule has 0 bridgehead atoms. The van der Waals surface area contributed by atoms with Crippen LogP contribution < -0.4 is 10.3 Å². The molecule has 7 heteroatoms. The lowest BCUT2D eigenvalue weighted by Gasteiger charge is -2.10. The van der Waals surface area contributed by atoms with E-state index in [1.54, 1.807) is 18.2 Å². The Labute approximate surface area is 158 Å². The summed E-state index contributed by atoms with van der Waals surface area (Å²) in [6.07, 6.45) is 0. The van der Waals surface area contributed by atoms with Crippen LogP contribution in [0.4, 0.5) is 0 Å². The summed E-state index contributed by atoms with van der Waals surface area (Å²) in [5.74, 6) is 0. The van der Waals surface area contributed by atoms with Crippen molar-refractivity contribution in [2.75, 3.05) is 6.54 Å². The van der Waals surface area contributed by atoms with Crippen molar-refractivity contribution < 1.29 is 8.42 Å². The van der Waals surface area contributed by atoms with Crippen LogP contribution in [0, 0.1) is 13.8 Å². The molecule has 0 aliphatic rings. The van der Waals surface area contributed by atoms with Crippen LogP contribution in [0.15, 0.2) is 70.4 Å². The molecule has 0 radical (unpaired) electrons. The molecule has 0 saturated heterocycles. The second-order valence-corrected chi connectivity index (χ2v) is 8.13. The Morgan fingerprint density at radius 3 is 2.30 bits per heavy atom. The molecule has 2 aromatic carbocycles. The highest BCUT2D eigenvalue weighted by Gasteiger charge is 2.14. The van der Waals surface area contributed by atoms with E-state index in [1.807, 2.05) is 50.2 Å². The van der Waals surface area contributed by atoms with Gasteiger partial charge in [-0.1, -0.05) is 36.4 Å². The lowest BCUT2D eigenvalue weighted by Crippen LogP contribution is -2.32. The first kappa shape index (κ1) is 19.0. The molecular weight excluding hydrogens is 362 g/mol. The van der Waals surface area contributed by atoms with Gasteiger partial charge in [0.25, 0.3) is 5.56 Å². The first-order chi connectivity index (χ1) is 12.8. The predicted octanol–water partition coefficient (Wildman–Crippen LogP) is 2.51. The number of sulfonamides is 1. The van der Waals surface area contributed by atoms with E-state index >= 15 is 0 Å². The zero-order chi connectivity index (χ0) is 19.4. The molecule has 0 atom stereocenters. The Kier molecular flexibility index (Phi) is 5.53. The Hall–Kier alpha value is -2.77. The zero-order valence-corrected chi connectivity index (χ0v) is 16.0. The van der Waals surface area contributed by atoms with Gasteiger partial charge in [0.15, 0.2) is 0 Å². The first-order valence-electron chi connectivity index (χ1n) is 8.57. The molecule has 1 heterocycles. The second-order valence-electron chi connectivity index (χ2n) is 6.37. The molecule has 0 spiro atoms. The largest absolute Gasteiger partial charge is 0.268 e. The molecular formula is C20H21N3O3S. The predicted molar refractivity (Wildman–Crippen MR) is 105 cm³/mol. The van der Waals surface area contributed by atoms with Crippen molar-refractivity contribution >= 4 is 10.0 Å². The Morgan fingerprint density at radius 1 is 0.963 bits per heavy atom. The third kappa shape index (κ3) is 4.69. The Balaban J connectivity index is 1.74. The number of hydrogen-bond donors (Lipinski definition) is 1. The summed E-state index contributed by atoms with van der Waals surface area (Å²) < 4.78 is 28.8. The van der Waals surface area contributed by atoms with E-state index in [0.29, 0.717) is 5.69 Å². The fourth-order valence-electron chi connectivity index (χ4n) is 2.83.